The van der Waals surface area contributed by atoms with Gasteiger partial charge in [0, 0.05) is 26.7 Å². The fourth-order valence-corrected chi connectivity index (χ4v) is 1.89. The number of hydrogen-bond acceptors (Lipinski definition) is 4. The highest BCUT2D eigenvalue weighted by atomic mass is 16.5. The predicted octanol–water partition coefficient (Wildman–Crippen LogP) is 0.379. The highest BCUT2D eigenvalue weighted by Crippen LogP contribution is 2.13. The second-order valence-corrected chi connectivity index (χ2v) is 4.41. The molecule has 1 atom stereocenters. The highest BCUT2D eigenvalue weighted by molar-refractivity contribution is 5.75. The molecule has 17 heavy (non-hydrogen) atoms. The molecule has 2 N–H and O–H groups in total. The van der Waals surface area contributed by atoms with Crippen molar-refractivity contribution in [1.82, 2.24) is 4.90 Å². The summed E-state index contributed by atoms with van der Waals surface area (Å²) >= 11 is 0. The topological polar surface area (TPSA) is 64.8 Å². The van der Waals surface area contributed by atoms with Crippen molar-refractivity contribution in [3.8, 4) is 0 Å². The van der Waals surface area contributed by atoms with Crippen LogP contribution in [-0.4, -0.2) is 56.9 Å². The molecule has 0 aliphatic carbocycles. The van der Waals surface area contributed by atoms with E-state index in [0.29, 0.717) is 32.7 Å². The van der Waals surface area contributed by atoms with E-state index in [1.807, 2.05) is 7.05 Å². The van der Waals surface area contributed by atoms with Crippen LogP contribution in [0.4, 0.5) is 0 Å². The first kappa shape index (κ1) is 14.4. The van der Waals surface area contributed by atoms with Gasteiger partial charge in [-0.2, -0.15) is 0 Å². The Morgan fingerprint density at radius 1 is 1.47 bits per heavy atom. The fourth-order valence-electron chi connectivity index (χ4n) is 1.89. The van der Waals surface area contributed by atoms with E-state index in [9.17, 15) is 4.79 Å². The summed E-state index contributed by atoms with van der Waals surface area (Å²) in [6.45, 7) is 2.98. The van der Waals surface area contributed by atoms with Gasteiger partial charge >= 0.3 is 0 Å². The van der Waals surface area contributed by atoms with E-state index in [1.54, 1.807) is 4.90 Å². The fraction of sp³-hybridized carbons (Fsp3) is 0.917. The third-order valence-electron chi connectivity index (χ3n) is 2.90. The lowest BCUT2D eigenvalue weighted by molar-refractivity contribution is -0.133. The van der Waals surface area contributed by atoms with Crippen molar-refractivity contribution >= 4 is 5.91 Å². The van der Waals surface area contributed by atoms with Crippen LogP contribution in [0.25, 0.3) is 0 Å². The first-order valence-corrected chi connectivity index (χ1v) is 6.37. The second-order valence-electron chi connectivity index (χ2n) is 4.41. The van der Waals surface area contributed by atoms with E-state index in [2.05, 4.69) is 0 Å². The lowest BCUT2D eigenvalue weighted by Gasteiger charge is -2.27. The highest BCUT2D eigenvalue weighted by Gasteiger charge is 2.18. The van der Waals surface area contributed by atoms with Gasteiger partial charge in [0.1, 0.15) is 0 Å². The number of rotatable bonds is 7. The van der Waals surface area contributed by atoms with Crippen LogP contribution in [0.3, 0.4) is 0 Å². The van der Waals surface area contributed by atoms with E-state index < -0.39 is 0 Å². The summed E-state index contributed by atoms with van der Waals surface area (Å²) in [5.41, 5.74) is 5.29. The summed E-state index contributed by atoms with van der Waals surface area (Å²) in [5.74, 6) is 0.108. The van der Waals surface area contributed by atoms with Crippen LogP contribution in [0, 0.1) is 0 Å². The van der Waals surface area contributed by atoms with Crippen molar-refractivity contribution in [3.05, 3.63) is 0 Å². The number of likely N-dealkylation sites (N-methyl/N-ethyl adjacent to an activating group) is 1. The lowest BCUT2D eigenvalue weighted by Crippen LogP contribution is -2.37. The van der Waals surface area contributed by atoms with Crippen molar-refractivity contribution in [1.29, 1.82) is 0 Å². The molecule has 5 heteroatoms. The molecule has 0 aromatic carbocycles. The summed E-state index contributed by atoms with van der Waals surface area (Å²) < 4.78 is 10.8. The van der Waals surface area contributed by atoms with Crippen LogP contribution in [0.5, 0.6) is 0 Å². The van der Waals surface area contributed by atoms with Crippen LogP contribution in [-0.2, 0) is 14.3 Å². The van der Waals surface area contributed by atoms with Gasteiger partial charge in [0.05, 0.1) is 25.7 Å². The Kier molecular flexibility index (Phi) is 7.16. The van der Waals surface area contributed by atoms with E-state index in [-0.39, 0.29) is 12.0 Å². The van der Waals surface area contributed by atoms with Crippen molar-refractivity contribution in [2.45, 2.75) is 31.8 Å². The van der Waals surface area contributed by atoms with Gasteiger partial charge in [0.2, 0.25) is 5.91 Å². The minimum Gasteiger partial charge on any atom is -0.380 e. The molecule has 1 rings (SSSR count). The van der Waals surface area contributed by atoms with Crippen molar-refractivity contribution in [2.75, 3.05) is 40.0 Å². The maximum Gasteiger partial charge on any atom is 0.224 e. The standard InChI is InChI=1S/C12H24N2O3/c1-14(10-11-4-2-3-7-17-11)12(15)5-8-16-9-6-13/h11H,2-10,13H2,1H3. The molecule has 1 fully saturated rings. The molecule has 1 aliphatic rings. The van der Waals surface area contributed by atoms with E-state index in [0.717, 1.165) is 19.4 Å². The van der Waals surface area contributed by atoms with E-state index in [4.69, 9.17) is 15.2 Å². The monoisotopic (exact) mass is 244 g/mol. The largest absolute Gasteiger partial charge is 0.380 e. The minimum absolute atomic E-state index is 0.108. The first-order valence-electron chi connectivity index (χ1n) is 6.37. The Morgan fingerprint density at radius 3 is 2.94 bits per heavy atom. The van der Waals surface area contributed by atoms with Gasteiger partial charge in [0.25, 0.3) is 0 Å². The Hall–Kier alpha value is -0.650. The molecule has 1 amide bonds. The molecule has 0 aromatic rings. The molecular formula is C12H24N2O3. The molecule has 0 radical (unpaired) electrons. The molecule has 0 aromatic heterocycles. The Bertz CT molecular complexity index is 218. The van der Waals surface area contributed by atoms with Crippen molar-refractivity contribution in [3.63, 3.8) is 0 Å². The number of amides is 1. The second kappa shape index (κ2) is 8.44. The molecule has 1 heterocycles. The van der Waals surface area contributed by atoms with Crippen molar-refractivity contribution < 1.29 is 14.3 Å². The lowest BCUT2D eigenvalue weighted by atomic mass is 10.1. The van der Waals surface area contributed by atoms with E-state index >= 15 is 0 Å². The quantitative estimate of drug-likeness (QED) is 0.658. The summed E-state index contributed by atoms with van der Waals surface area (Å²) in [6.07, 6.45) is 4.03. The Morgan fingerprint density at radius 2 is 2.29 bits per heavy atom. The smallest absolute Gasteiger partial charge is 0.224 e. The van der Waals surface area contributed by atoms with Gasteiger partial charge in [-0.3, -0.25) is 4.79 Å². The average Bonchev–Trinajstić information content (AvgIpc) is 2.35. The van der Waals surface area contributed by atoms with Gasteiger partial charge in [-0.1, -0.05) is 0 Å². The molecule has 100 valence electrons. The summed E-state index contributed by atoms with van der Waals surface area (Å²) in [4.78, 5) is 13.5. The summed E-state index contributed by atoms with van der Waals surface area (Å²) in [5, 5.41) is 0. The summed E-state index contributed by atoms with van der Waals surface area (Å²) in [7, 11) is 1.82. The number of ether oxygens (including phenoxy) is 2. The molecule has 1 saturated heterocycles. The number of hydrogen-bond donors (Lipinski definition) is 1. The Labute approximate surface area is 103 Å². The van der Waals surface area contributed by atoms with Crippen LogP contribution >= 0.6 is 0 Å². The molecule has 5 nitrogen and oxygen atoms in total. The van der Waals surface area contributed by atoms with Gasteiger partial charge < -0.3 is 20.1 Å². The maximum absolute atomic E-state index is 11.7. The van der Waals surface area contributed by atoms with Crippen LogP contribution in [0.15, 0.2) is 0 Å². The number of carbonyl (C=O) groups is 1. The van der Waals surface area contributed by atoms with Gasteiger partial charge in [-0.05, 0) is 19.3 Å². The molecular weight excluding hydrogens is 220 g/mol. The maximum atomic E-state index is 11.7. The zero-order chi connectivity index (χ0) is 12.5. The molecule has 0 spiro atoms. The molecule has 1 aliphatic heterocycles. The van der Waals surface area contributed by atoms with Crippen molar-refractivity contribution in [2.24, 2.45) is 5.73 Å². The zero-order valence-corrected chi connectivity index (χ0v) is 10.7. The van der Waals surface area contributed by atoms with E-state index in [1.165, 1.54) is 6.42 Å². The van der Waals surface area contributed by atoms with Gasteiger partial charge in [-0.15, -0.1) is 0 Å². The average molecular weight is 244 g/mol. The third-order valence-corrected chi connectivity index (χ3v) is 2.90. The minimum atomic E-state index is 0.108. The van der Waals surface area contributed by atoms with Gasteiger partial charge in [-0.25, -0.2) is 0 Å². The van der Waals surface area contributed by atoms with Crippen LogP contribution in [0.2, 0.25) is 0 Å². The predicted molar refractivity (Wildman–Crippen MR) is 65.7 cm³/mol. The van der Waals surface area contributed by atoms with Crippen LogP contribution in [0.1, 0.15) is 25.7 Å². The van der Waals surface area contributed by atoms with Crippen LogP contribution < -0.4 is 5.73 Å². The normalized spacial score (nSPS) is 20.2. The zero-order valence-electron chi connectivity index (χ0n) is 10.7. The molecule has 0 saturated carbocycles. The number of nitrogens with zero attached hydrogens (tertiary/aromatic N) is 1. The number of nitrogens with two attached hydrogens (primary N) is 1. The molecule has 0 bridgehead atoms. The summed E-state index contributed by atoms with van der Waals surface area (Å²) in [6, 6.07) is 0. The first-order chi connectivity index (χ1) is 8.24. The molecule has 1 unspecified atom stereocenters. The SMILES string of the molecule is CN(CC1CCCCO1)C(=O)CCOCCN. The number of carbonyl (C=O) groups excluding carboxylic acids is 1. The third kappa shape index (κ3) is 6.00. The Balaban J connectivity index is 2.12. The van der Waals surface area contributed by atoms with Gasteiger partial charge in [0.15, 0.2) is 0 Å².